The molecule has 0 unspecified atom stereocenters. The fourth-order valence-corrected chi connectivity index (χ4v) is 1.40. The van der Waals surface area contributed by atoms with Crippen LogP contribution >= 0.6 is 11.6 Å². The van der Waals surface area contributed by atoms with Gasteiger partial charge >= 0.3 is 5.97 Å². The van der Waals surface area contributed by atoms with Crippen molar-refractivity contribution in [3.8, 4) is 5.75 Å². The van der Waals surface area contributed by atoms with Crippen LogP contribution in [0.5, 0.6) is 5.75 Å². The molecule has 0 saturated heterocycles. The van der Waals surface area contributed by atoms with Gasteiger partial charge in [0.15, 0.2) is 0 Å². The average molecular weight is 237 g/mol. The van der Waals surface area contributed by atoms with E-state index in [4.69, 9.17) is 16.3 Å². The Morgan fingerprint density at radius 1 is 1.50 bits per heavy atom. The lowest BCUT2D eigenvalue weighted by atomic mass is 10.3. The molecule has 1 aromatic heterocycles. The molecule has 16 heavy (non-hydrogen) atoms. The molecule has 4 nitrogen and oxygen atoms in total. The SMILES string of the molecule is Cn1cc(C(=O)Oc2cccc(Cl)c2)cn1. The first-order valence-electron chi connectivity index (χ1n) is 4.61. The van der Waals surface area contributed by atoms with Crippen molar-refractivity contribution in [1.29, 1.82) is 0 Å². The van der Waals surface area contributed by atoms with E-state index in [1.54, 1.807) is 37.5 Å². The maximum atomic E-state index is 11.6. The molecule has 0 radical (unpaired) electrons. The Morgan fingerprint density at radius 2 is 2.31 bits per heavy atom. The molecular formula is C11H9ClN2O2. The van der Waals surface area contributed by atoms with Crippen LogP contribution in [0.2, 0.25) is 5.02 Å². The third-order valence-corrected chi connectivity index (χ3v) is 2.18. The first-order chi connectivity index (χ1) is 7.65. The van der Waals surface area contributed by atoms with Crippen LogP contribution in [-0.4, -0.2) is 15.7 Å². The molecule has 5 heteroatoms. The number of hydrogen-bond donors (Lipinski definition) is 0. The summed E-state index contributed by atoms with van der Waals surface area (Å²) in [6.07, 6.45) is 3.04. The molecule has 2 aromatic rings. The number of aryl methyl sites for hydroxylation is 1. The second kappa shape index (κ2) is 4.37. The number of halogens is 1. The zero-order valence-corrected chi connectivity index (χ0v) is 9.31. The van der Waals surface area contributed by atoms with Gasteiger partial charge in [0.05, 0.1) is 11.8 Å². The van der Waals surface area contributed by atoms with Crippen LogP contribution in [-0.2, 0) is 7.05 Å². The van der Waals surface area contributed by atoms with Gasteiger partial charge in [0.1, 0.15) is 5.75 Å². The minimum absolute atomic E-state index is 0.405. The standard InChI is InChI=1S/C11H9ClN2O2/c1-14-7-8(6-13-14)11(15)16-10-4-2-3-9(12)5-10/h2-7H,1H3. The van der Waals surface area contributed by atoms with Gasteiger partial charge in [-0.05, 0) is 18.2 Å². The minimum Gasteiger partial charge on any atom is -0.423 e. The Hall–Kier alpha value is -1.81. The summed E-state index contributed by atoms with van der Waals surface area (Å²) in [6, 6.07) is 6.67. The van der Waals surface area contributed by atoms with Crippen molar-refractivity contribution in [3.05, 3.63) is 47.2 Å². The first kappa shape index (κ1) is 10.7. The lowest BCUT2D eigenvalue weighted by molar-refractivity contribution is 0.0734. The highest BCUT2D eigenvalue weighted by atomic mass is 35.5. The fraction of sp³-hybridized carbons (Fsp3) is 0.0909. The number of nitrogens with zero attached hydrogens (tertiary/aromatic N) is 2. The summed E-state index contributed by atoms with van der Waals surface area (Å²) in [4.78, 5) is 11.6. The van der Waals surface area contributed by atoms with Gasteiger partial charge in [-0.3, -0.25) is 4.68 Å². The fourth-order valence-electron chi connectivity index (χ4n) is 1.22. The summed E-state index contributed by atoms with van der Waals surface area (Å²) < 4.78 is 6.65. The normalized spacial score (nSPS) is 10.1. The summed E-state index contributed by atoms with van der Waals surface area (Å²) in [7, 11) is 1.73. The molecule has 0 aliphatic carbocycles. The Bertz CT molecular complexity index is 522. The van der Waals surface area contributed by atoms with Crippen molar-refractivity contribution in [2.45, 2.75) is 0 Å². The van der Waals surface area contributed by atoms with Gasteiger partial charge in [0.25, 0.3) is 0 Å². The Kier molecular flexibility index (Phi) is 2.92. The number of aromatic nitrogens is 2. The highest BCUT2D eigenvalue weighted by molar-refractivity contribution is 6.30. The third kappa shape index (κ3) is 2.41. The van der Waals surface area contributed by atoms with E-state index >= 15 is 0 Å². The molecule has 0 bridgehead atoms. The maximum absolute atomic E-state index is 11.6. The maximum Gasteiger partial charge on any atom is 0.346 e. The van der Waals surface area contributed by atoms with Crippen LogP contribution < -0.4 is 4.74 Å². The van der Waals surface area contributed by atoms with E-state index in [0.29, 0.717) is 16.3 Å². The van der Waals surface area contributed by atoms with Crippen molar-refractivity contribution < 1.29 is 9.53 Å². The molecule has 82 valence electrons. The summed E-state index contributed by atoms with van der Waals surface area (Å²) in [5.74, 6) is -0.0308. The van der Waals surface area contributed by atoms with Gasteiger partial charge in [-0.1, -0.05) is 17.7 Å². The molecule has 1 aromatic carbocycles. The molecule has 0 N–H and O–H groups in total. The molecule has 0 amide bonds. The Labute approximate surface area is 97.4 Å². The smallest absolute Gasteiger partial charge is 0.346 e. The largest absolute Gasteiger partial charge is 0.423 e. The molecule has 1 heterocycles. The van der Waals surface area contributed by atoms with E-state index in [0.717, 1.165) is 0 Å². The molecule has 0 aliphatic heterocycles. The van der Waals surface area contributed by atoms with Crippen LogP contribution in [0.1, 0.15) is 10.4 Å². The van der Waals surface area contributed by atoms with Crippen molar-refractivity contribution in [1.82, 2.24) is 9.78 Å². The highest BCUT2D eigenvalue weighted by Crippen LogP contribution is 2.18. The van der Waals surface area contributed by atoms with Crippen LogP contribution in [0, 0.1) is 0 Å². The van der Waals surface area contributed by atoms with Crippen LogP contribution in [0.25, 0.3) is 0 Å². The first-order valence-corrected chi connectivity index (χ1v) is 4.99. The minimum atomic E-state index is -0.449. The molecule has 0 saturated carbocycles. The van der Waals surface area contributed by atoms with Gasteiger partial charge in [0.2, 0.25) is 0 Å². The number of benzene rings is 1. The third-order valence-electron chi connectivity index (χ3n) is 1.95. The van der Waals surface area contributed by atoms with Gasteiger partial charge in [-0.2, -0.15) is 5.10 Å². The molecule has 2 rings (SSSR count). The molecular weight excluding hydrogens is 228 g/mol. The summed E-state index contributed by atoms with van der Waals surface area (Å²) in [5.41, 5.74) is 0.405. The highest BCUT2D eigenvalue weighted by Gasteiger charge is 2.10. The Morgan fingerprint density at radius 3 is 2.94 bits per heavy atom. The van der Waals surface area contributed by atoms with E-state index < -0.39 is 5.97 Å². The van der Waals surface area contributed by atoms with Gasteiger partial charge in [-0.15, -0.1) is 0 Å². The monoisotopic (exact) mass is 236 g/mol. The van der Waals surface area contributed by atoms with Gasteiger partial charge in [-0.25, -0.2) is 4.79 Å². The van der Waals surface area contributed by atoms with E-state index in [-0.39, 0.29) is 0 Å². The number of hydrogen-bond acceptors (Lipinski definition) is 3. The molecule has 0 fully saturated rings. The average Bonchev–Trinajstić information content (AvgIpc) is 2.65. The van der Waals surface area contributed by atoms with Crippen molar-refractivity contribution in [2.24, 2.45) is 7.05 Å². The van der Waals surface area contributed by atoms with Crippen molar-refractivity contribution in [2.75, 3.05) is 0 Å². The van der Waals surface area contributed by atoms with E-state index in [9.17, 15) is 4.79 Å². The topological polar surface area (TPSA) is 44.1 Å². The number of ether oxygens (including phenoxy) is 1. The lowest BCUT2D eigenvalue weighted by Crippen LogP contribution is -2.07. The number of esters is 1. The quantitative estimate of drug-likeness (QED) is 0.594. The summed E-state index contributed by atoms with van der Waals surface area (Å²) in [6.45, 7) is 0. The van der Waals surface area contributed by atoms with E-state index in [1.807, 2.05) is 0 Å². The number of carbonyl (C=O) groups is 1. The molecule has 0 aliphatic rings. The van der Waals surface area contributed by atoms with Gasteiger partial charge < -0.3 is 4.74 Å². The van der Waals surface area contributed by atoms with E-state index in [1.165, 1.54) is 10.9 Å². The predicted octanol–water partition coefficient (Wildman–Crippen LogP) is 2.29. The van der Waals surface area contributed by atoms with E-state index in [2.05, 4.69) is 5.10 Å². The van der Waals surface area contributed by atoms with Crippen molar-refractivity contribution in [3.63, 3.8) is 0 Å². The molecule has 0 atom stereocenters. The van der Waals surface area contributed by atoms with Crippen LogP contribution in [0.3, 0.4) is 0 Å². The second-order valence-electron chi connectivity index (χ2n) is 3.25. The predicted molar refractivity (Wildman–Crippen MR) is 59.6 cm³/mol. The van der Waals surface area contributed by atoms with Crippen molar-refractivity contribution >= 4 is 17.6 Å². The summed E-state index contributed by atoms with van der Waals surface area (Å²) >= 11 is 5.77. The summed E-state index contributed by atoms with van der Waals surface area (Å²) in [5, 5.41) is 4.41. The van der Waals surface area contributed by atoms with Gasteiger partial charge in [0, 0.05) is 18.3 Å². The zero-order valence-electron chi connectivity index (χ0n) is 8.55. The second-order valence-corrected chi connectivity index (χ2v) is 3.69. The van der Waals surface area contributed by atoms with Crippen LogP contribution in [0.15, 0.2) is 36.7 Å². The lowest BCUT2D eigenvalue weighted by Gasteiger charge is -2.02. The molecule has 0 spiro atoms. The number of rotatable bonds is 2. The van der Waals surface area contributed by atoms with Crippen LogP contribution in [0.4, 0.5) is 0 Å². The Balaban J connectivity index is 2.13. The zero-order chi connectivity index (χ0) is 11.5. The number of carbonyl (C=O) groups excluding carboxylic acids is 1.